The molecule has 32 heavy (non-hydrogen) atoms. The van der Waals surface area contributed by atoms with E-state index in [9.17, 15) is 9.90 Å². The maximum absolute atomic E-state index is 13.1. The van der Waals surface area contributed by atoms with Crippen molar-refractivity contribution in [2.75, 3.05) is 13.7 Å². The van der Waals surface area contributed by atoms with Gasteiger partial charge in [-0.15, -0.1) is 10.2 Å². The highest BCUT2D eigenvalue weighted by molar-refractivity contribution is 5.81. The van der Waals surface area contributed by atoms with Crippen LogP contribution in [0.4, 0.5) is 0 Å². The van der Waals surface area contributed by atoms with Crippen LogP contribution in [0.5, 0.6) is 0 Å². The first kappa shape index (κ1) is 23.8. The zero-order chi connectivity index (χ0) is 22.8. The molecule has 3 aliphatic carbocycles. The van der Waals surface area contributed by atoms with E-state index in [-0.39, 0.29) is 23.7 Å². The summed E-state index contributed by atoms with van der Waals surface area (Å²) in [6.45, 7) is 5.45. The summed E-state index contributed by atoms with van der Waals surface area (Å²) in [4.78, 5) is 14.5. The van der Waals surface area contributed by atoms with Gasteiger partial charge in [-0.2, -0.15) is 4.80 Å². The summed E-state index contributed by atoms with van der Waals surface area (Å²) in [5.41, 5.74) is -0.437. The number of methoxy groups -OCH3 is 1. The number of aliphatic hydroxyl groups is 1. The summed E-state index contributed by atoms with van der Waals surface area (Å²) in [5.74, 6) is 3.22. The van der Waals surface area contributed by atoms with Gasteiger partial charge in [-0.05, 0) is 105 Å². The van der Waals surface area contributed by atoms with Crippen LogP contribution in [0.3, 0.4) is 0 Å². The lowest BCUT2D eigenvalue weighted by Gasteiger charge is -2.52. The van der Waals surface area contributed by atoms with Crippen molar-refractivity contribution in [2.24, 2.45) is 35.0 Å². The average molecular weight is 447 g/mol. The fraction of sp³-hybridized carbons (Fsp3) is 0.920. The number of Topliss-reactive ketones (excluding diaryl/α,β-unsaturated/α-hetero) is 1. The van der Waals surface area contributed by atoms with Gasteiger partial charge in [0.1, 0.15) is 6.54 Å². The molecule has 180 valence electrons. The molecule has 7 heteroatoms. The molecule has 0 bridgehead atoms. The highest BCUT2D eigenvalue weighted by Gasteiger charge is 2.56. The van der Waals surface area contributed by atoms with E-state index >= 15 is 0 Å². The second-order valence-corrected chi connectivity index (χ2v) is 11.5. The molecule has 0 aliphatic heterocycles. The van der Waals surface area contributed by atoms with Crippen molar-refractivity contribution in [1.82, 2.24) is 20.2 Å². The van der Waals surface area contributed by atoms with Gasteiger partial charge in [-0.25, -0.2) is 0 Å². The molecule has 1 aromatic heterocycles. The lowest BCUT2D eigenvalue weighted by molar-refractivity contribution is -0.130. The van der Waals surface area contributed by atoms with Gasteiger partial charge in [0.05, 0.1) is 5.60 Å². The molecule has 0 spiro atoms. The monoisotopic (exact) mass is 446 g/mol. The van der Waals surface area contributed by atoms with Crippen LogP contribution in [0.1, 0.15) is 84.5 Å². The topological polar surface area (TPSA) is 90.1 Å². The predicted octanol–water partition coefficient (Wildman–Crippen LogP) is 4.06. The van der Waals surface area contributed by atoms with E-state index in [0.717, 1.165) is 57.0 Å². The Hall–Kier alpha value is -1.34. The van der Waals surface area contributed by atoms with Crippen molar-refractivity contribution in [2.45, 2.75) is 96.6 Å². The third kappa shape index (κ3) is 5.09. The molecular formula is C25H42N4O3. The maximum atomic E-state index is 13.1. The van der Waals surface area contributed by atoms with E-state index in [4.69, 9.17) is 4.74 Å². The van der Waals surface area contributed by atoms with Gasteiger partial charge in [-0.3, -0.25) is 4.79 Å². The molecule has 7 nitrogen and oxygen atoms in total. The fourth-order valence-electron chi connectivity index (χ4n) is 7.77. The normalized spacial score (nSPS) is 36.3. The first-order valence-corrected chi connectivity index (χ1v) is 12.8. The number of ketones is 1. The fourth-order valence-corrected chi connectivity index (χ4v) is 7.77. The predicted molar refractivity (Wildman–Crippen MR) is 122 cm³/mol. The zero-order valence-corrected chi connectivity index (χ0v) is 20.2. The SMILES string of the molecule is COCCCC[C@@](C)(O)C[C@@H]1CC[C@@H]2[C@H](CC[C@]3(C)[C@@H](C(=O)Cn4ncnn4)CC[C@@H]23)C1. The van der Waals surface area contributed by atoms with E-state index < -0.39 is 5.60 Å². The Balaban J connectivity index is 1.32. The van der Waals surface area contributed by atoms with Crippen molar-refractivity contribution in [1.29, 1.82) is 0 Å². The summed E-state index contributed by atoms with van der Waals surface area (Å²) in [5, 5.41) is 22.6. The summed E-state index contributed by atoms with van der Waals surface area (Å²) < 4.78 is 5.14. The maximum Gasteiger partial charge on any atom is 0.162 e. The molecule has 1 heterocycles. The van der Waals surface area contributed by atoms with Gasteiger partial charge in [0.15, 0.2) is 12.1 Å². The van der Waals surface area contributed by atoms with Gasteiger partial charge in [0.2, 0.25) is 0 Å². The number of fused-ring (bicyclic) bond motifs is 3. The first-order valence-electron chi connectivity index (χ1n) is 12.8. The van der Waals surface area contributed by atoms with Crippen LogP contribution >= 0.6 is 0 Å². The highest BCUT2D eigenvalue weighted by Crippen LogP contribution is 2.62. The zero-order valence-electron chi connectivity index (χ0n) is 20.2. The minimum atomic E-state index is -0.561. The van der Waals surface area contributed by atoms with Crippen LogP contribution in [0, 0.1) is 35.0 Å². The third-order valence-corrected chi connectivity index (χ3v) is 9.25. The van der Waals surface area contributed by atoms with Crippen molar-refractivity contribution in [3.63, 3.8) is 0 Å². The van der Waals surface area contributed by atoms with Crippen LogP contribution in [-0.4, -0.2) is 50.4 Å². The number of ether oxygens (including phenoxy) is 1. The number of carbonyl (C=O) groups excluding carboxylic acids is 1. The van der Waals surface area contributed by atoms with Gasteiger partial charge in [0, 0.05) is 19.6 Å². The molecule has 3 fully saturated rings. The number of nitrogens with zero attached hydrogens (tertiary/aromatic N) is 4. The number of hydrogen-bond donors (Lipinski definition) is 1. The van der Waals surface area contributed by atoms with E-state index in [1.165, 1.54) is 43.2 Å². The Bertz CT molecular complexity index is 752. The number of unbranched alkanes of at least 4 members (excludes halogenated alkanes) is 1. The first-order chi connectivity index (χ1) is 15.3. The van der Waals surface area contributed by atoms with Gasteiger partial charge in [-0.1, -0.05) is 13.3 Å². The second kappa shape index (κ2) is 9.88. The Labute approximate surface area is 192 Å². The quantitative estimate of drug-likeness (QED) is 0.545. The Morgan fingerprint density at radius 1 is 1.25 bits per heavy atom. The van der Waals surface area contributed by atoms with Crippen LogP contribution < -0.4 is 0 Å². The smallest absolute Gasteiger partial charge is 0.162 e. The van der Waals surface area contributed by atoms with E-state index in [0.29, 0.717) is 11.8 Å². The summed E-state index contributed by atoms with van der Waals surface area (Å²) >= 11 is 0. The van der Waals surface area contributed by atoms with Crippen molar-refractivity contribution >= 4 is 5.78 Å². The Morgan fingerprint density at radius 2 is 2.09 bits per heavy atom. The van der Waals surface area contributed by atoms with Crippen molar-refractivity contribution in [3.8, 4) is 0 Å². The van der Waals surface area contributed by atoms with E-state index in [2.05, 4.69) is 22.3 Å². The van der Waals surface area contributed by atoms with E-state index in [1.807, 2.05) is 6.92 Å². The Kier molecular flexibility index (Phi) is 7.35. The number of aromatic nitrogens is 4. The standard InChI is InChI=1S/C25H42N4O3/c1-24(31,11-4-5-13-32-3)15-18-6-7-20-19(14-18)10-12-25(2)21(20)8-9-22(25)23(30)16-29-27-17-26-28-29/h17-22,31H,4-16H2,1-3H3/t18-,19-,20-,21+,22-,24-,25+/m1/s1. The van der Waals surface area contributed by atoms with Crippen LogP contribution in [0.2, 0.25) is 0 Å². The number of tetrazole rings is 1. The van der Waals surface area contributed by atoms with Gasteiger partial charge < -0.3 is 9.84 Å². The average Bonchev–Trinajstić information content (AvgIpc) is 3.38. The molecule has 3 aliphatic rings. The summed E-state index contributed by atoms with van der Waals surface area (Å²) in [6.07, 6.45) is 13.6. The summed E-state index contributed by atoms with van der Waals surface area (Å²) in [6, 6.07) is 0. The number of rotatable bonds is 10. The lowest BCUT2D eigenvalue weighted by Crippen LogP contribution is -2.46. The molecule has 1 N–H and O–H groups in total. The molecule has 4 rings (SSSR count). The molecule has 0 amide bonds. The van der Waals surface area contributed by atoms with Gasteiger partial charge >= 0.3 is 0 Å². The van der Waals surface area contributed by atoms with Crippen LogP contribution in [0.25, 0.3) is 0 Å². The van der Waals surface area contributed by atoms with Crippen molar-refractivity contribution < 1.29 is 14.6 Å². The molecule has 0 unspecified atom stereocenters. The highest BCUT2D eigenvalue weighted by atomic mass is 16.5. The molecule has 0 radical (unpaired) electrons. The van der Waals surface area contributed by atoms with Crippen LogP contribution in [0.15, 0.2) is 6.33 Å². The molecule has 7 atom stereocenters. The second-order valence-electron chi connectivity index (χ2n) is 11.5. The minimum absolute atomic E-state index is 0.124. The largest absolute Gasteiger partial charge is 0.390 e. The van der Waals surface area contributed by atoms with E-state index in [1.54, 1.807) is 7.11 Å². The molecular weight excluding hydrogens is 404 g/mol. The third-order valence-electron chi connectivity index (χ3n) is 9.25. The number of carbonyl (C=O) groups is 1. The Morgan fingerprint density at radius 3 is 2.84 bits per heavy atom. The summed E-state index contributed by atoms with van der Waals surface area (Å²) in [7, 11) is 1.74. The van der Waals surface area contributed by atoms with Gasteiger partial charge in [0.25, 0.3) is 0 Å². The number of hydrogen-bond acceptors (Lipinski definition) is 6. The molecule has 0 saturated heterocycles. The minimum Gasteiger partial charge on any atom is -0.390 e. The molecule has 3 saturated carbocycles. The van der Waals surface area contributed by atoms with Crippen molar-refractivity contribution in [3.05, 3.63) is 6.33 Å². The molecule has 1 aromatic rings. The lowest BCUT2D eigenvalue weighted by atomic mass is 9.53. The molecule has 0 aromatic carbocycles. The van der Waals surface area contributed by atoms with Crippen LogP contribution in [-0.2, 0) is 16.1 Å².